The number of carbonyl (C=O) groups excluding carboxylic acids is 1. The van der Waals surface area contributed by atoms with Crippen molar-refractivity contribution in [2.24, 2.45) is 11.3 Å². The number of carboxylic acid groups (broad SMARTS) is 1. The molecule has 0 bridgehead atoms. The number of hydrogen-bond acceptors (Lipinski definition) is 3. The highest BCUT2D eigenvalue weighted by Crippen LogP contribution is 2.65. The van der Waals surface area contributed by atoms with Crippen molar-refractivity contribution in [3.63, 3.8) is 0 Å². The average Bonchev–Trinajstić information content (AvgIpc) is 3.10. The predicted molar refractivity (Wildman–Crippen MR) is 104 cm³/mol. The molecule has 0 radical (unpaired) electrons. The van der Waals surface area contributed by atoms with E-state index in [4.69, 9.17) is 9.84 Å². The monoisotopic (exact) mass is 383 g/mol. The van der Waals surface area contributed by atoms with Crippen LogP contribution in [0.15, 0.2) is 24.3 Å². The van der Waals surface area contributed by atoms with Crippen molar-refractivity contribution in [1.82, 2.24) is 4.90 Å². The van der Waals surface area contributed by atoms with Gasteiger partial charge in [-0.3, -0.25) is 9.59 Å². The molecule has 4 fully saturated rings. The minimum absolute atomic E-state index is 0.154. The van der Waals surface area contributed by atoms with E-state index in [1.54, 1.807) is 0 Å². The number of amides is 1. The summed E-state index contributed by atoms with van der Waals surface area (Å²) in [4.78, 5) is 25.6. The van der Waals surface area contributed by atoms with Crippen LogP contribution in [0.4, 0.5) is 0 Å². The second-order valence-corrected chi connectivity index (χ2v) is 9.32. The Labute approximate surface area is 166 Å². The Balaban J connectivity index is 1.15. The molecule has 4 aliphatic rings. The molecule has 0 aromatic heterocycles. The lowest BCUT2D eigenvalue weighted by molar-refractivity contribution is -0.145. The van der Waals surface area contributed by atoms with Gasteiger partial charge in [0.1, 0.15) is 6.10 Å². The quantitative estimate of drug-likeness (QED) is 0.864. The smallest absolute Gasteiger partial charge is 0.306 e. The van der Waals surface area contributed by atoms with E-state index >= 15 is 0 Å². The fourth-order valence-electron chi connectivity index (χ4n) is 5.61. The molecule has 2 saturated carbocycles. The molecule has 1 spiro atoms. The normalized spacial score (nSPS) is 33.5. The lowest BCUT2D eigenvalue weighted by Gasteiger charge is -2.34. The zero-order valence-corrected chi connectivity index (χ0v) is 16.3. The van der Waals surface area contributed by atoms with Gasteiger partial charge in [0, 0.05) is 19.7 Å². The number of nitrogens with zero attached hydrogens (tertiary/aromatic N) is 1. The van der Waals surface area contributed by atoms with E-state index in [9.17, 15) is 9.59 Å². The Hall–Kier alpha value is -1.88. The minimum Gasteiger partial charge on any atom is -0.481 e. The Kier molecular flexibility index (Phi) is 4.46. The number of carboxylic acids is 1. The molecule has 5 nitrogen and oxygen atoms in total. The molecule has 28 heavy (non-hydrogen) atoms. The fourth-order valence-corrected chi connectivity index (χ4v) is 5.61. The van der Waals surface area contributed by atoms with Gasteiger partial charge in [0.2, 0.25) is 0 Å². The summed E-state index contributed by atoms with van der Waals surface area (Å²) in [7, 11) is 0. The Morgan fingerprint density at radius 1 is 1.07 bits per heavy atom. The molecule has 1 aromatic carbocycles. The van der Waals surface area contributed by atoms with E-state index < -0.39 is 5.97 Å². The number of ether oxygens (including phenoxy) is 1. The Bertz CT molecular complexity index is 753. The van der Waals surface area contributed by atoms with Gasteiger partial charge in [0.25, 0.3) is 5.91 Å². The summed E-state index contributed by atoms with van der Waals surface area (Å²) in [6, 6.07) is 8.93. The molecule has 1 amide bonds. The molecular formula is C23H29NO4. The number of hydrogen-bond donors (Lipinski definition) is 1. The number of rotatable bonds is 4. The van der Waals surface area contributed by atoms with E-state index in [0.717, 1.165) is 58.2 Å². The third kappa shape index (κ3) is 3.14. The zero-order valence-electron chi connectivity index (χ0n) is 16.3. The van der Waals surface area contributed by atoms with Crippen LogP contribution in [-0.2, 0) is 14.3 Å². The second-order valence-electron chi connectivity index (χ2n) is 9.32. The maximum atomic E-state index is 12.5. The number of aliphatic carboxylic acids is 1. The number of piperidine rings is 1. The first-order valence-electron chi connectivity index (χ1n) is 10.8. The van der Waals surface area contributed by atoms with Gasteiger partial charge < -0.3 is 14.7 Å². The minimum atomic E-state index is -0.655. The highest BCUT2D eigenvalue weighted by molar-refractivity contribution is 5.81. The topological polar surface area (TPSA) is 66.8 Å². The van der Waals surface area contributed by atoms with Gasteiger partial charge in [-0.15, -0.1) is 0 Å². The maximum Gasteiger partial charge on any atom is 0.306 e. The van der Waals surface area contributed by atoms with Crippen molar-refractivity contribution in [1.29, 1.82) is 0 Å². The molecule has 5 heteroatoms. The second kappa shape index (κ2) is 6.87. The molecule has 2 aliphatic carbocycles. The van der Waals surface area contributed by atoms with Crippen molar-refractivity contribution in [3.8, 4) is 0 Å². The molecule has 5 rings (SSSR count). The summed E-state index contributed by atoms with van der Waals surface area (Å²) in [5, 5.41) is 9.05. The van der Waals surface area contributed by atoms with Crippen LogP contribution in [-0.4, -0.2) is 47.7 Å². The standard InChI is InChI=1S/C23H29NO4/c25-21(20-2-1-11-28-20)24-9-7-23(8-10-24)14-19(23)16-5-3-15(4-6-16)17-12-18(13-17)22(26)27/h3-6,17-20H,1-2,7-14H2,(H,26,27)/t17?,18?,19-,20-/m1/s1. The van der Waals surface area contributed by atoms with Crippen LogP contribution >= 0.6 is 0 Å². The SMILES string of the molecule is O=C(O)C1CC(c2ccc([C@H]3CC34CCN(C(=O)[C@H]3CCCO3)CC4)cc2)C1. The van der Waals surface area contributed by atoms with Crippen molar-refractivity contribution in [2.75, 3.05) is 19.7 Å². The van der Waals surface area contributed by atoms with Crippen molar-refractivity contribution in [3.05, 3.63) is 35.4 Å². The van der Waals surface area contributed by atoms with Gasteiger partial charge in [-0.2, -0.15) is 0 Å². The average molecular weight is 383 g/mol. The largest absolute Gasteiger partial charge is 0.481 e. The molecule has 0 unspecified atom stereocenters. The van der Waals surface area contributed by atoms with Gasteiger partial charge in [0.15, 0.2) is 0 Å². The van der Waals surface area contributed by atoms with Gasteiger partial charge >= 0.3 is 5.97 Å². The summed E-state index contributed by atoms with van der Waals surface area (Å²) < 4.78 is 5.57. The highest BCUT2D eigenvalue weighted by atomic mass is 16.5. The Morgan fingerprint density at radius 2 is 1.75 bits per heavy atom. The van der Waals surface area contributed by atoms with Gasteiger partial charge in [-0.1, -0.05) is 24.3 Å². The van der Waals surface area contributed by atoms with Crippen molar-refractivity contribution < 1.29 is 19.4 Å². The van der Waals surface area contributed by atoms with Crippen molar-refractivity contribution >= 4 is 11.9 Å². The van der Waals surface area contributed by atoms with E-state index in [1.165, 1.54) is 17.5 Å². The number of benzene rings is 1. The van der Waals surface area contributed by atoms with Crippen LogP contribution in [0.5, 0.6) is 0 Å². The predicted octanol–water partition coefficient (Wildman–Crippen LogP) is 3.54. The number of carbonyl (C=O) groups is 2. The summed E-state index contributed by atoms with van der Waals surface area (Å²) in [6.07, 6.45) is 6.67. The van der Waals surface area contributed by atoms with Crippen LogP contribution in [0.25, 0.3) is 0 Å². The van der Waals surface area contributed by atoms with Crippen LogP contribution in [0.1, 0.15) is 67.9 Å². The van der Waals surface area contributed by atoms with E-state index in [0.29, 0.717) is 17.3 Å². The van der Waals surface area contributed by atoms with Crippen LogP contribution in [0, 0.1) is 11.3 Å². The van der Waals surface area contributed by atoms with Gasteiger partial charge in [-0.25, -0.2) is 0 Å². The third-order valence-corrected chi connectivity index (χ3v) is 7.76. The van der Waals surface area contributed by atoms with Crippen LogP contribution < -0.4 is 0 Å². The van der Waals surface area contributed by atoms with E-state index in [2.05, 4.69) is 24.3 Å². The molecule has 2 atom stereocenters. The molecular weight excluding hydrogens is 354 g/mol. The first-order valence-corrected chi connectivity index (χ1v) is 10.8. The van der Waals surface area contributed by atoms with Crippen LogP contribution in [0.3, 0.4) is 0 Å². The molecule has 2 aliphatic heterocycles. The molecule has 2 heterocycles. The molecule has 1 aromatic rings. The van der Waals surface area contributed by atoms with Crippen molar-refractivity contribution in [2.45, 2.75) is 62.9 Å². The lowest BCUT2D eigenvalue weighted by Crippen LogP contribution is -2.44. The number of likely N-dealkylation sites (tertiary alicyclic amines) is 1. The lowest BCUT2D eigenvalue weighted by atomic mass is 9.71. The summed E-state index contributed by atoms with van der Waals surface area (Å²) >= 11 is 0. The van der Waals surface area contributed by atoms with E-state index in [1.807, 2.05) is 4.90 Å². The third-order valence-electron chi connectivity index (χ3n) is 7.76. The highest BCUT2D eigenvalue weighted by Gasteiger charge is 2.55. The van der Waals surface area contributed by atoms with Gasteiger partial charge in [0.05, 0.1) is 5.92 Å². The Morgan fingerprint density at radius 3 is 2.36 bits per heavy atom. The fraction of sp³-hybridized carbons (Fsp3) is 0.652. The zero-order chi connectivity index (χ0) is 19.3. The van der Waals surface area contributed by atoms with E-state index in [-0.39, 0.29) is 17.9 Å². The summed E-state index contributed by atoms with van der Waals surface area (Å²) in [5.41, 5.74) is 3.09. The molecule has 150 valence electrons. The molecule has 1 N–H and O–H groups in total. The molecule has 2 saturated heterocycles. The van der Waals surface area contributed by atoms with Gasteiger partial charge in [-0.05, 0) is 73.3 Å². The summed E-state index contributed by atoms with van der Waals surface area (Å²) in [6.45, 7) is 2.46. The first kappa shape index (κ1) is 18.2. The van der Waals surface area contributed by atoms with Crippen LogP contribution in [0.2, 0.25) is 0 Å². The maximum absolute atomic E-state index is 12.5. The summed E-state index contributed by atoms with van der Waals surface area (Å²) in [5.74, 6) is 0.426. The first-order chi connectivity index (χ1) is 13.6.